The summed E-state index contributed by atoms with van der Waals surface area (Å²) in [5.74, 6) is -0.250. The number of anilines is 1. The Morgan fingerprint density at radius 3 is 2.71 bits per heavy atom. The van der Waals surface area contributed by atoms with Crippen LogP contribution in [0.2, 0.25) is 0 Å². The second kappa shape index (κ2) is 3.98. The van der Waals surface area contributed by atoms with Crippen LogP contribution in [0.4, 0.5) is 14.6 Å². The number of rotatable bonds is 2. The number of halogens is 2. The fourth-order valence-electron chi connectivity index (χ4n) is 1.07. The van der Waals surface area contributed by atoms with E-state index in [-0.39, 0.29) is 16.9 Å². The first-order chi connectivity index (χ1) is 6.61. The highest BCUT2D eigenvalue weighted by molar-refractivity contribution is 5.55. The van der Waals surface area contributed by atoms with E-state index in [0.717, 1.165) is 6.20 Å². The zero-order valence-electron chi connectivity index (χ0n) is 7.04. The van der Waals surface area contributed by atoms with Crippen LogP contribution in [-0.4, -0.2) is 10.1 Å². The topological polar surface area (TPSA) is 82.9 Å². The van der Waals surface area contributed by atoms with E-state index in [2.05, 4.69) is 4.98 Å². The molecule has 0 fully saturated rings. The number of nitriles is 1. The summed E-state index contributed by atoms with van der Waals surface area (Å²) in [7, 11) is 0. The van der Waals surface area contributed by atoms with E-state index in [1.807, 2.05) is 0 Å². The van der Waals surface area contributed by atoms with Gasteiger partial charge >= 0.3 is 0 Å². The lowest BCUT2D eigenvalue weighted by Crippen LogP contribution is -2.05. The highest BCUT2D eigenvalue weighted by atomic mass is 19.3. The van der Waals surface area contributed by atoms with Crippen molar-refractivity contribution < 1.29 is 13.9 Å². The van der Waals surface area contributed by atoms with Crippen LogP contribution in [0.25, 0.3) is 0 Å². The van der Waals surface area contributed by atoms with Gasteiger partial charge in [0, 0.05) is 17.3 Å². The van der Waals surface area contributed by atoms with Crippen LogP contribution in [0.5, 0.6) is 0 Å². The van der Waals surface area contributed by atoms with Crippen molar-refractivity contribution in [3.8, 4) is 6.07 Å². The number of pyridine rings is 1. The standard InChI is InChI=1S/C8H7F2N3O/c9-7(10)6-4(3-14)2-13-8(12)5(6)1-11/h2,7,14H,3H2,(H2,12,13). The first-order valence-electron chi connectivity index (χ1n) is 3.68. The molecule has 0 saturated heterocycles. The first kappa shape index (κ1) is 10.3. The van der Waals surface area contributed by atoms with E-state index in [1.165, 1.54) is 0 Å². The second-order valence-electron chi connectivity index (χ2n) is 2.53. The number of alkyl halides is 2. The molecule has 0 radical (unpaired) electrons. The van der Waals surface area contributed by atoms with Gasteiger partial charge in [-0.2, -0.15) is 5.26 Å². The smallest absolute Gasteiger partial charge is 0.265 e. The molecule has 1 aromatic heterocycles. The number of aliphatic hydroxyl groups excluding tert-OH is 1. The van der Waals surface area contributed by atoms with Gasteiger partial charge in [-0.15, -0.1) is 0 Å². The molecule has 1 aromatic rings. The minimum Gasteiger partial charge on any atom is -0.392 e. The monoisotopic (exact) mass is 199 g/mol. The zero-order valence-corrected chi connectivity index (χ0v) is 7.04. The molecular weight excluding hydrogens is 192 g/mol. The van der Waals surface area contributed by atoms with Crippen LogP contribution in [0.3, 0.4) is 0 Å². The van der Waals surface area contributed by atoms with Gasteiger partial charge in [0.2, 0.25) is 0 Å². The highest BCUT2D eigenvalue weighted by Crippen LogP contribution is 2.28. The van der Waals surface area contributed by atoms with Crippen LogP contribution in [0.1, 0.15) is 23.1 Å². The van der Waals surface area contributed by atoms with Crippen molar-refractivity contribution in [2.24, 2.45) is 0 Å². The third-order valence-corrected chi connectivity index (χ3v) is 1.73. The normalized spacial score (nSPS) is 10.2. The minimum atomic E-state index is -2.85. The van der Waals surface area contributed by atoms with Gasteiger partial charge in [-0.05, 0) is 0 Å². The van der Waals surface area contributed by atoms with Gasteiger partial charge in [-0.3, -0.25) is 0 Å². The zero-order chi connectivity index (χ0) is 10.7. The van der Waals surface area contributed by atoms with E-state index in [9.17, 15) is 8.78 Å². The van der Waals surface area contributed by atoms with Gasteiger partial charge in [-0.25, -0.2) is 13.8 Å². The molecule has 1 rings (SSSR count). The van der Waals surface area contributed by atoms with Gasteiger partial charge in [-0.1, -0.05) is 0 Å². The van der Waals surface area contributed by atoms with Gasteiger partial charge < -0.3 is 10.8 Å². The van der Waals surface area contributed by atoms with E-state index in [4.69, 9.17) is 16.1 Å². The Bertz CT molecular complexity index is 387. The molecule has 0 amide bonds. The molecule has 14 heavy (non-hydrogen) atoms. The van der Waals surface area contributed by atoms with Crippen LogP contribution >= 0.6 is 0 Å². The SMILES string of the molecule is N#Cc1c(N)ncc(CO)c1C(F)F. The molecule has 0 aliphatic heterocycles. The largest absolute Gasteiger partial charge is 0.392 e. The molecule has 0 bridgehead atoms. The van der Waals surface area contributed by atoms with Crippen molar-refractivity contribution in [2.45, 2.75) is 13.0 Å². The maximum Gasteiger partial charge on any atom is 0.265 e. The van der Waals surface area contributed by atoms with Crippen molar-refractivity contribution in [2.75, 3.05) is 5.73 Å². The molecule has 0 unspecified atom stereocenters. The quantitative estimate of drug-likeness (QED) is 0.743. The third-order valence-electron chi connectivity index (χ3n) is 1.73. The molecule has 0 atom stereocenters. The molecule has 0 aromatic carbocycles. The molecule has 4 nitrogen and oxygen atoms in total. The molecule has 0 spiro atoms. The van der Waals surface area contributed by atoms with Crippen LogP contribution in [-0.2, 0) is 6.61 Å². The van der Waals surface area contributed by atoms with Gasteiger partial charge in [0.1, 0.15) is 17.5 Å². The second-order valence-corrected chi connectivity index (χ2v) is 2.53. The Morgan fingerprint density at radius 1 is 1.64 bits per heavy atom. The van der Waals surface area contributed by atoms with E-state index >= 15 is 0 Å². The highest BCUT2D eigenvalue weighted by Gasteiger charge is 2.20. The summed E-state index contributed by atoms with van der Waals surface area (Å²) in [4.78, 5) is 3.53. The summed E-state index contributed by atoms with van der Waals surface area (Å²) >= 11 is 0. The number of nitrogens with zero attached hydrogens (tertiary/aromatic N) is 2. The third kappa shape index (κ3) is 1.63. The van der Waals surface area contributed by atoms with Gasteiger partial charge in [0.25, 0.3) is 6.43 Å². The average molecular weight is 199 g/mol. The number of hydrogen-bond donors (Lipinski definition) is 2. The lowest BCUT2D eigenvalue weighted by Gasteiger charge is -2.09. The molecule has 6 heteroatoms. The van der Waals surface area contributed by atoms with Crippen LogP contribution in [0.15, 0.2) is 6.20 Å². The predicted octanol–water partition coefficient (Wildman–Crippen LogP) is 0.965. The molecule has 3 N–H and O–H groups in total. The van der Waals surface area contributed by atoms with Crippen molar-refractivity contribution in [1.82, 2.24) is 4.98 Å². The summed E-state index contributed by atoms with van der Waals surface area (Å²) < 4.78 is 25.0. The maximum absolute atomic E-state index is 12.5. The predicted molar refractivity (Wildman–Crippen MR) is 44.2 cm³/mol. The number of aliphatic hydroxyl groups is 1. The fraction of sp³-hybridized carbons (Fsp3) is 0.250. The molecule has 0 aliphatic rings. The van der Waals surface area contributed by atoms with Crippen molar-refractivity contribution >= 4 is 5.82 Å². The summed E-state index contributed by atoms with van der Waals surface area (Å²) in [6.07, 6.45) is -1.81. The van der Waals surface area contributed by atoms with Crippen molar-refractivity contribution in [3.05, 3.63) is 22.9 Å². The summed E-state index contributed by atoms with van der Waals surface area (Å²) in [6, 6.07) is 1.54. The number of aromatic nitrogens is 1. The molecular formula is C8H7F2N3O. The summed E-state index contributed by atoms with van der Waals surface area (Å²) in [5.41, 5.74) is 4.26. The maximum atomic E-state index is 12.5. The van der Waals surface area contributed by atoms with Crippen LogP contribution < -0.4 is 5.73 Å². The Balaban J connectivity index is 3.46. The molecule has 0 saturated carbocycles. The number of hydrogen-bond acceptors (Lipinski definition) is 4. The Labute approximate surface area is 78.6 Å². The molecule has 0 aliphatic carbocycles. The Kier molecular flexibility index (Phi) is 2.94. The summed E-state index contributed by atoms with van der Waals surface area (Å²) in [6.45, 7) is -0.596. The minimum absolute atomic E-state index is 0.0780. The molecule has 74 valence electrons. The number of nitrogens with two attached hydrogens (primary N) is 1. The van der Waals surface area contributed by atoms with E-state index in [0.29, 0.717) is 0 Å². The summed E-state index contributed by atoms with van der Waals surface area (Å²) in [5, 5.41) is 17.3. The van der Waals surface area contributed by atoms with Crippen LogP contribution in [0, 0.1) is 11.3 Å². The van der Waals surface area contributed by atoms with Gasteiger partial charge in [0.05, 0.1) is 6.61 Å². The molecule has 1 heterocycles. The van der Waals surface area contributed by atoms with Gasteiger partial charge in [0.15, 0.2) is 0 Å². The Hall–Kier alpha value is -1.74. The van der Waals surface area contributed by atoms with Crippen molar-refractivity contribution in [1.29, 1.82) is 5.26 Å². The lowest BCUT2D eigenvalue weighted by molar-refractivity contribution is 0.146. The Morgan fingerprint density at radius 2 is 2.29 bits per heavy atom. The van der Waals surface area contributed by atoms with E-state index < -0.39 is 18.6 Å². The lowest BCUT2D eigenvalue weighted by atomic mass is 10.1. The van der Waals surface area contributed by atoms with E-state index in [1.54, 1.807) is 6.07 Å². The number of nitrogen functional groups attached to an aromatic ring is 1. The van der Waals surface area contributed by atoms with Crippen molar-refractivity contribution in [3.63, 3.8) is 0 Å². The fourth-order valence-corrected chi connectivity index (χ4v) is 1.07. The average Bonchev–Trinajstić information content (AvgIpc) is 2.17. The first-order valence-corrected chi connectivity index (χ1v) is 3.68.